The standard InChI is InChI=1S/C14H17BrN2O4/c1-17(8-10-3-2-6-21-10)14(20)16-12-5-4-9(15)7-11(12)13(18)19/h4-5,7,10H,2-3,6,8H2,1H3,(H,16,20)(H,18,19). The third-order valence-corrected chi connectivity index (χ3v) is 3.80. The lowest BCUT2D eigenvalue weighted by atomic mass is 10.2. The van der Waals surface area contributed by atoms with Crippen LogP contribution in [0.5, 0.6) is 0 Å². The van der Waals surface area contributed by atoms with Gasteiger partial charge in [-0.2, -0.15) is 0 Å². The molecule has 0 aromatic heterocycles. The molecule has 114 valence electrons. The molecule has 1 aromatic carbocycles. The Morgan fingerprint density at radius 1 is 1.52 bits per heavy atom. The number of nitrogens with zero attached hydrogens (tertiary/aromatic N) is 1. The first kappa shape index (κ1) is 15.8. The second kappa shape index (κ2) is 6.91. The average molecular weight is 357 g/mol. The van der Waals surface area contributed by atoms with Crippen molar-refractivity contribution in [2.24, 2.45) is 0 Å². The van der Waals surface area contributed by atoms with Gasteiger partial charge < -0.3 is 20.1 Å². The van der Waals surface area contributed by atoms with E-state index in [0.717, 1.165) is 19.4 Å². The maximum absolute atomic E-state index is 12.1. The minimum absolute atomic E-state index is 0.0447. The number of benzene rings is 1. The van der Waals surface area contributed by atoms with E-state index < -0.39 is 5.97 Å². The lowest BCUT2D eigenvalue weighted by Crippen LogP contribution is -2.37. The number of nitrogens with one attached hydrogen (secondary N) is 1. The number of carboxylic acids is 1. The second-order valence-corrected chi connectivity index (χ2v) is 5.86. The highest BCUT2D eigenvalue weighted by Crippen LogP contribution is 2.21. The second-order valence-electron chi connectivity index (χ2n) is 4.94. The molecular formula is C14H17BrN2O4. The van der Waals surface area contributed by atoms with Crippen LogP contribution >= 0.6 is 15.9 Å². The number of hydrogen-bond donors (Lipinski definition) is 2. The number of urea groups is 1. The predicted octanol–water partition coefficient (Wildman–Crippen LogP) is 2.79. The minimum Gasteiger partial charge on any atom is -0.478 e. The number of carbonyl (C=O) groups excluding carboxylic acids is 1. The van der Waals surface area contributed by atoms with Crippen molar-refractivity contribution in [3.05, 3.63) is 28.2 Å². The summed E-state index contributed by atoms with van der Waals surface area (Å²) in [7, 11) is 1.66. The Morgan fingerprint density at radius 3 is 2.90 bits per heavy atom. The zero-order valence-corrected chi connectivity index (χ0v) is 13.2. The van der Waals surface area contributed by atoms with Crippen LogP contribution in [-0.2, 0) is 4.74 Å². The van der Waals surface area contributed by atoms with Crippen LogP contribution in [-0.4, -0.2) is 48.3 Å². The first-order valence-corrected chi connectivity index (χ1v) is 7.43. The Morgan fingerprint density at radius 2 is 2.29 bits per heavy atom. The van der Waals surface area contributed by atoms with E-state index in [1.165, 1.54) is 11.0 Å². The molecular weight excluding hydrogens is 340 g/mol. The number of carboxylic acid groups (broad SMARTS) is 1. The molecule has 1 aromatic rings. The summed E-state index contributed by atoms with van der Waals surface area (Å²) in [5.41, 5.74) is 0.318. The Kier molecular flexibility index (Phi) is 5.19. The summed E-state index contributed by atoms with van der Waals surface area (Å²) >= 11 is 3.22. The molecule has 6 nitrogen and oxygen atoms in total. The van der Waals surface area contributed by atoms with Gasteiger partial charge in [-0.15, -0.1) is 0 Å². The van der Waals surface area contributed by atoms with Crippen molar-refractivity contribution in [3.63, 3.8) is 0 Å². The van der Waals surface area contributed by atoms with Gasteiger partial charge in [-0.25, -0.2) is 9.59 Å². The van der Waals surface area contributed by atoms with E-state index in [9.17, 15) is 9.59 Å². The molecule has 1 aliphatic heterocycles. The minimum atomic E-state index is -1.09. The summed E-state index contributed by atoms with van der Waals surface area (Å²) in [6.45, 7) is 1.22. The third-order valence-electron chi connectivity index (χ3n) is 3.30. The van der Waals surface area contributed by atoms with Gasteiger partial charge in [0.05, 0.1) is 17.4 Å². The number of rotatable bonds is 4. The van der Waals surface area contributed by atoms with E-state index in [4.69, 9.17) is 9.84 Å². The number of hydrogen-bond acceptors (Lipinski definition) is 3. The highest BCUT2D eigenvalue weighted by Gasteiger charge is 2.21. The molecule has 2 amide bonds. The Labute approximate surface area is 131 Å². The van der Waals surface area contributed by atoms with Gasteiger partial charge in [-0.1, -0.05) is 15.9 Å². The molecule has 1 heterocycles. The maximum atomic E-state index is 12.1. The molecule has 0 bridgehead atoms. The molecule has 0 saturated carbocycles. The number of anilines is 1. The van der Waals surface area contributed by atoms with Gasteiger partial charge in [-0.3, -0.25) is 0 Å². The van der Waals surface area contributed by atoms with Crippen LogP contribution in [0.3, 0.4) is 0 Å². The summed E-state index contributed by atoms with van der Waals surface area (Å²) in [6, 6.07) is 4.35. The van der Waals surface area contributed by atoms with Crippen molar-refractivity contribution in [2.45, 2.75) is 18.9 Å². The molecule has 1 aliphatic rings. The van der Waals surface area contributed by atoms with Gasteiger partial charge in [0.1, 0.15) is 0 Å². The Hall–Kier alpha value is -1.60. The molecule has 7 heteroatoms. The van der Waals surface area contributed by atoms with Crippen molar-refractivity contribution in [2.75, 3.05) is 25.5 Å². The fraction of sp³-hybridized carbons (Fsp3) is 0.429. The van der Waals surface area contributed by atoms with Crippen LogP contribution in [0.2, 0.25) is 0 Å². The molecule has 0 aliphatic carbocycles. The molecule has 1 fully saturated rings. The Bertz CT molecular complexity index is 544. The highest BCUT2D eigenvalue weighted by atomic mass is 79.9. The summed E-state index contributed by atoms with van der Waals surface area (Å²) in [5.74, 6) is -1.09. The van der Waals surface area contributed by atoms with Crippen LogP contribution in [0.15, 0.2) is 22.7 Å². The summed E-state index contributed by atoms with van der Waals surface area (Å²) in [4.78, 5) is 24.8. The number of amides is 2. The monoisotopic (exact) mass is 356 g/mol. The van der Waals surface area contributed by atoms with Crippen molar-refractivity contribution < 1.29 is 19.4 Å². The summed E-state index contributed by atoms with van der Waals surface area (Å²) in [6.07, 6.45) is 2.01. The van der Waals surface area contributed by atoms with Gasteiger partial charge in [0.15, 0.2) is 0 Å². The third kappa shape index (κ3) is 4.18. The normalized spacial score (nSPS) is 17.5. The van der Waals surface area contributed by atoms with Gasteiger partial charge in [-0.05, 0) is 31.0 Å². The zero-order chi connectivity index (χ0) is 15.4. The Balaban J connectivity index is 2.03. The molecule has 0 radical (unpaired) electrons. The number of carbonyl (C=O) groups is 2. The van der Waals surface area contributed by atoms with Gasteiger partial charge in [0.2, 0.25) is 0 Å². The van der Waals surface area contributed by atoms with Crippen LogP contribution in [0.4, 0.5) is 10.5 Å². The lowest BCUT2D eigenvalue weighted by molar-refractivity contribution is 0.0697. The van der Waals surface area contributed by atoms with Gasteiger partial charge in [0.25, 0.3) is 0 Å². The molecule has 1 unspecified atom stereocenters. The van der Waals surface area contributed by atoms with Crippen LogP contribution in [0, 0.1) is 0 Å². The first-order chi connectivity index (χ1) is 9.97. The van der Waals surface area contributed by atoms with E-state index in [1.807, 2.05) is 0 Å². The van der Waals surface area contributed by atoms with Crippen molar-refractivity contribution in [1.29, 1.82) is 0 Å². The summed E-state index contributed by atoms with van der Waals surface area (Å²) in [5, 5.41) is 11.8. The van der Waals surface area contributed by atoms with Crippen molar-refractivity contribution in [3.8, 4) is 0 Å². The number of aromatic carboxylic acids is 1. The molecule has 2 rings (SSSR count). The van der Waals surface area contributed by atoms with E-state index in [0.29, 0.717) is 11.0 Å². The predicted molar refractivity (Wildman–Crippen MR) is 81.7 cm³/mol. The smallest absolute Gasteiger partial charge is 0.337 e. The topological polar surface area (TPSA) is 78.9 Å². The summed E-state index contributed by atoms with van der Waals surface area (Å²) < 4.78 is 6.12. The first-order valence-electron chi connectivity index (χ1n) is 6.64. The fourth-order valence-electron chi connectivity index (χ4n) is 2.19. The average Bonchev–Trinajstić information content (AvgIpc) is 2.93. The van der Waals surface area contributed by atoms with E-state index >= 15 is 0 Å². The molecule has 21 heavy (non-hydrogen) atoms. The highest BCUT2D eigenvalue weighted by molar-refractivity contribution is 9.10. The largest absolute Gasteiger partial charge is 0.478 e. The molecule has 1 saturated heterocycles. The van der Waals surface area contributed by atoms with E-state index in [2.05, 4.69) is 21.2 Å². The van der Waals surface area contributed by atoms with Crippen molar-refractivity contribution in [1.82, 2.24) is 4.90 Å². The van der Waals surface area contributed by atoms with Crippen LogP contribution < -0.4 is 5.32 Å². The van der Waals surface area contributed by atoms with Crippen LogP contribution in [0.25, 0.3) is 0 Å². The zero-order valence-electron chi connectivity index (χ0n) is 11.6. The number of likely N-dealkylation sites (N-methyl/N-ethyl adjacent to an activating group) is 1. The van der Waals surface area contributed by atoms with Crippen molar-refractivity contribution >= 4 is 33.6 Å². The number of halogens is 1. The van der Waals surface area contributed by atoms with E-state index in [-0.39, 0.29) is 23.4 Å². The SMILES string of the molecule is CN(CC1CCCO1)C(=O)Nc1ccc(Br)cc1C(=O)O. The quantitative estimate of drug-likeness (QED) is 0.869. The van der Waals surface area contributed by atoms with Gasteiger partial charge >= 0.3 is 12.0 Å². The molecule has 2 N–H and O–H groups in total. The molecule has 0 spiro atoms. The van der Waals surface area contributed by atoms with Crippen LogP contribution in [0.1, 0.15) is 23.2 Å². The maximum Gasteiger partial charge on any atom is 0.337 e. The fourth-order valence-corrected chi connectivity index (χ4v) is 2.55. The lowest BCUT2D eigenvalue weighted by Gasteiger charge is -2.21. The molecule has 1 atom stereocenters. The van der Waals surface area contributed by atoms with Gasteiger partial charge in [0, 0.05) is 24.7 Å². The van der Waals surface area contributed by atoms with E-state index in [1.54, 1.807) is 19.2 Å². The number of ether oxygens (including phenoxy) is 1.